The summed E-state index contributed by atoms with van der Waals surface area (Å²) in [7, 11) is 0. The van der Waals surface area contributed by atoms with Gasteiger partial charge in [0.1, 0.15) is 18.2 Å². The Morgan fingerprint density at radius 1 is 1.15 bits per heavy atom. The van der Waals surface area contributed by atoms with Crippen molar-refractivity contribution in [2.45, 2.75) is 45.2 Å². The first-order valence-electron chi connectivity index (χ1n) is 7.99. The predicted molar refractivity (Wildman–Crippen MR) is 92.6 cm³/mol. The molecule has 9 nitrogen and oxygen atoms in total. The maximum atomic E-state index is 12.0. The van der Waals surface area contributed by atoms with Gasteiger partial charge in [-0.2, -0.15) is 0 Å². The molecule has 0 radical (unpaired) electrons. The van der Waals surface area contributed by atoms with E-state index < -0.39 is 42.4 Å². The minimum Gasteiger partial charge on any atom is -0.458 e. The zero-order valence-corrected chi connectivity index (χ0v) is 15.0. The number of nitrogens with one attached hydrogen (secondary N) is 2. The Bertz CT molecular complexity index is 615. The summed E-state index contributed by atoms with van der Waals surface area (Å²) in [4.78, 5) is 35.5. The second-order valence-corrected chi connectivity index (χ2v) is 6.46. The zero-order valence-electron chi connectivity index (χ0n) is 15.0. The second-order valence-electron chi connectivity index (χ2n) is 6.46. The molecular weight excluding hydrogens is 342 g/mol. The van der Waals surface area contributed by atoms with Crippen molar-refractivity contribution in [2.24, 2.45) is 5.73 Å². The first-order chi connectivity index (χ1) is 12.1. The summed E-state index contributed by atoms with van der Waals surface area (Å²) in [6, 6.07) is 7.62. The molecule has 0 saturated carbocycles. The van der Waals surface area contributed by atoms with Crippen LogP contribution in [0.3, 0.4) is 0 Å². The number of esters is 1. The molecule has 2 amide bonds. The zero-order chi connectivity index (χ0) is 19.7. The highest BCUT2D eigenvalue weighted by molar-refractivity contribution is 5.89. The van der Waals surface area contributed by atoms with E-state index in [9.17, 15) is 19.5 Å². The van der Waals surface area contributed by atoms with Gasteiger partial charge in [-0.1, -0.05) is 30.3 Å². The molecule has 0 fully saturated rings. The van der Waals surface area contributed by atoms with Crippen molar-refractivity contribution in [3.05, 3.63) is 35.9 Å². The van der Waals surface area contributed by atoms with Crippen molar-refractivity contribution < 1.29 is 29.0 Å². The number of nitrogens with two attached hydrogens (primary N) is 1. The third kappa shape index (κ3) is 7.95. The van der Waals surface area contributed by atoms with E-state index in [-0.39, 0.29) is 6.61 Å². The third-order valence-corrected chi connectivity index (χ3v) is 2.97. The van der Waals surface area contributed by atoms with Crippen LogP contribution in [0.5, 0.6) is 0 Å². The quantitative estimate of drug-likeness (QED) is 0.393. The molecule has 1 aromatic rings. The van der Waals surface area contributed by atoms with Crippen molar-refractivity contribution >= 4 is 18.0 Å². The van der Waals surface area contributed by atoms with Crippen molar-refractivity contribution in [3.8, 4) is 0 Å². The minimum absolute atomic E-state index is 0.00281. The van der Waals surface area contributed by atoms with Crippen molar-refractivity contribution in [1.29, 1.82) is 0 Å². The highest BCUT2D eigenvalue weighted by Crippen LogP contribution is 2.06. The summed E-state index contributed by atoms with van der Waals surface area (Å²) in [5.41, 5.74) is 5.57. The molecular formula is C17H25N3O6. The van der Waals surface area contributed by atoms with Crippen LogP contribution in [0.2, 0.25) is 0 Å². The normalized spacial score (nSPS) is 13.3. The molecule has 0 heterocycles. The van der Waals surface area contributed by atoms with Crippen LogP contribution in [0, 0.1) is 0 Å². The molecule has 26 heavy (non-hydrogen) atoms. The molecule has 1 aromatic carbocycles. The number of carbonyl (C=O) groups excluding carboxylic acids is 3. The number of ether oxygens (including phenoxy) is 2. The van der Waals surface area contributed by atoms with Gasteiger partial charge < -0.3 is 30.9 Å². The standard InChI is InChI=1S/C17H25N3O6/c1-17(2,3)26-16(24)19-12(9-21)14(22)20-13(18)15(23)25-10-11-7-5-4-6-8-11/h4-8,12-13,21H,9-10,18H2,1-3H3,(H,19,24)(H,20,22)/t12-,13+/m1/s1. The molecule has 1 rings (SSSR count). The Kier molecular flexibility index (Phi) is 8.01. The van der Waals surface area contributed by atoms with Gasteiger partial charge in [-0.3, -0.25) is 4.79 Å². The summed E-state index contributed by atoms with van der Waals surface area (Å²) >= 11 is 0. The number of hydrogen-bond acceptors (Lipinski definition) is 7. The number of aliphatic hydroxyl groups excluding tert-OH is 1. The van der Waals surface area contributed by atoms with Crippen LogP contribution in [-0.2, 0) is 25.7 Å². The van der Waals surface area contributed by atoms with E-state index in [1.54, 1.807) is 45.0 Å². The van der Waals surface area contributed by atoms with E-state index in [0.717, 1.165) is 5.56 Å². The summed E-state index contributed by atoms with van der Waals surface area (Å²) in [6.07, 6.45) is -2.33. The van der Waals surface area contributed by atoms with Crippen LogP contribution in [0.25, 0.3) is 0 Å². The molecule has 0 spiro atoms. The van der Waals surface area contributed by atoms with Crippen molar-refractivity contribution in [3.63, 3.8) is 0 Å². The number of amides is 2. The van der Waals surface area contributed by atoms with Crippen LogP contribution in [0.4, 0.5) is 4.79 Å². The van der Waals surface area contributed by atoms with Crippen molar-refractivity contribution in [2.75, 3.05) is 6.61 Å². The monoisotopic (exact) mass is 367 g/mol. The first-order valence-corrected chi connectivity index (χ1v) is 7.99. The lowest BCUT2D eigenvalue weighted by Crippen LogP contribution is -2.56. The topological polar surface area (TPSA) is 140 Å². The van der Waals surface area contributed by atoms with Gasteiger partial charge in [0.15, 0.2) is 6.17 Å². The van der Waals surface area contributed by atoms with E-state index in [2.05, 4.69) is 10.6 Å². The van der Waals surface area contributed by atoms with Gasteiger partial charge >= 0.3 is 12.1 Å². The average molecular weight is 367 g/mol. The Labute approximate surface area is 151 Å². The van der Waals surface area contributed by atoms with Crippen LogP contribution in [-0.4, -0.2) is 47.5 Å². The molecule has 0 saturated heterocycles. The fraction of sp³-hybridized carbons (Fsp3) is 0.471. The van der Waals surface area contributed by atoms with E-state index in [1.807, 2.05) is 6.07 Å². The maximum Gasteiger partial charge on any atom is 0.408 e. The second kappa shape index (κ2) is 9.73. The minimum atomic E-state index is -1.44. The predicted octanol–water partition coefficient (Wildman–Crippen LogP) is 0.0164. The lowest BCUT2D eigenvalue weighted by Gasteiger charge is -2.23. The molecule has 2 atom stereocenters. The van der Waals surface area contributed by atoms with Gasteiger partial charge in [-0.25, -0.2) is 9.59 Å². The fourth-order valence-corrected chi connectivity index (χ4v) is 1.78. The third-order valence-electron chi connectivity index (χ3n) is 2.97. The number of carbonyl (C=O) groups is 3. The Hall–Kier alpha value is -2.65. The molecule has 0 aliphatic carbocycles. The summed E-state index contributed by atoms with van der Waals surface area (Å²) < 4.78 is 9.99. The van der Waals surface area contributed by atoms with Gasteiger partial charge in [0.25, 0.3) is 0 Å². The van der Waals surface area contributed by atoms with Crippen molar-refractivity contribution in [1.82, 2.24) is 10.6 Å². The van der Waals surface area contributed by atoms with E-state index in [0.29, 0.717) is 0 Å². The van der Waals surface area contributed by atoms with Crippen LogP contribution in [0.1, 0.15) is 26.3 Å². The molecule has 9 heteroatoms. The molecule has 0 aromatic heterocycles. The van der Waals surface area contributed by atoms with Gasteiger partial charge in [-0.15, -0.1) is 0 Å². The molecule has 0 aliphatic heterocycles. The lowest BCUT2D eigenvalue weighted by molar-refractivity contribution is -0.149. The SMILES string of the molecule is CC(C)(C)OC(=O)N[C@H](CO)C(=O)N[C@H](N)C(=O)OCc1ccccc1. The Morgan fingerprint density at radius 2 is 1.77 bits per heavy atom. The fourth-order valence-electron chi connectivity index (χ4n) is 1.78. The maximum absolute atomic E-state index is 12.0. The first kappa shape index (κ1) is 21.4. The van der Waals surface area contributed by atoms with Gasteiger partial charge in [-0.05, 0) is 26.3 Å². The van der Waals surface area contributed by atoms with Crippen LogP contribution < -0.4 is 16.4 Å². The van der Waals surface area contributed by atoms with E-state index in [1.165, 1.54) is 0 Å². The molecule has 0 unspecified atom stereocenters. The number of aliphatic hydroxyl groups is 1. The van der Waals surface area contributed by atoms with Gasteiger partial charge in [0.2, 0.25) is 5.91 Å². The van der Waals surface area contributed by atoms with Crippen LogP contribution in [0.15, 0.2) is 30.3 Å². The summed E-state index contributed by atoms with van der Waals surface area (Å²) in [6.45, 7) is 4.26. The highest BCUT2D eigenvalue weighted by atomic mass is 16.6. The number of alkyl carbamates (subject to hydrolysis) is 1. The smallest absolute Gasteiger partial charge is 0.408 e. The molecule has 144 valence electrons. The Morgan fingerprint density at radius 3 is 2.31 bits per heavy atom. The molecule has 5 N–H and O–H groups in total. The highest BCUT2D eigenvalue weighted by Gasteiger charge is 2.26. The molecule has 0 aliphatic rings. The lowest BCUT2D eigenvalue weighted by atomic mass is 10.2. The number of benzene rings is 1. The number of hydrogen-bond donors (Lipinski definition) is 4. The van der Waals surface area contributed by atoms with Gasteiger partial charge in [0, 0.05) is 0 Å². The van der Waals surface area contributed by atoms with E-state index in [4.69, 9.17) is 15.2 Å². The molecule has 0 bridgehead atoms. The Balaban J connectivity index is 2.49. The summed E-state index contributed by atoms with van der Waals surface area (Å²) in [5.74, 6) is -1.70. The van der Waals surface area contributed by atoms with E-state index >= 15 is 0 Å². The largest absolute Gasteiger partial charge is 0.458 e. The average Bonchev–Trinajstić information content (AvgIpc) is 2.56. The van der Waals surface area contributed by atoms with Gasteiger partial charge in [0.05, 0.1) is 6.61 Å². The van der Waals surface area contributed by atoms with Crippen LogP contribution >= 0.6 is 0 Å². The number of rotatable bonds is 7. The summed E-state index contributed by atoms with van der Waals surface area (Å²) in [5, 5.41) is 13.6.